The van der Waals surface area contributed by atoms with Crippen LogP contribution in [0, 0.1) is 0 Å². The number of thiophene rings is 2. The lowest BCUT2D eigenvalue weighted by atomic mass is 9.64. The lowest BCUT2D eigenvalue weighted by Gasteiger charge is -2.19. The molecule has 0 radical (unpaired) electrons. The van der Waals surface area contributed by atoms with Gasteiger partial charge in [-0.2, -0.15) is 0 Å². The Balaban J connectivity index is 1.31. The highest BCUT2D eigenvalue weighted by atomic mass is 32.1. The van der Waals surface area contributed by atoms with Gasteiger partial charge in [0, 0.05) is 35.5 Å². The summed E-state index contributed by atoms with van der Waals surface area (Å²) < 4.78 is 5.35. The second kappa shape index (κ2) is 15.8. The first-order chi connectivity index (χ1) is 30.6. The Morgan fingerprint density at radius 2 is 0.625 bits per heavy atom. The quantitative estimate of drug-likeness (QED) is 0.162. The summed E-state index contributed by atoms with van der Waals surface area (Å²) >= 11 is 3.85. The van der Waals surface area contributed by atoms with E-state index in [9.17, 15) is 0 Å². The highest BCUT2D eigenvalue weighted by molar-refractivity contribution is 7.29. The summed E-state index contributed by atoms with van der Waals surface area (Å²) in [6.07, 6.45) is 0. The van der Waals surface area contributed by atoms with Crippen molar-refractivity contribution >= 4 is 249 Å². The van der Waals surface area contributed by atoms with Crippen LogP contribution in [0.2, 0.25) is 0 Å². The van der Waals surface area contributed by atoms with E-state index in [1.807, 2.05) is 22.7 Å². The third kappa shape index (κ3) is 6.31. The van der Waals surface area contributed by atoms with Gasteiger partial charge < -0.3 is 0 Å². The molecule has 0 bridgehead atoms. The normalized spacial score (nSPS) is 11.7. The fourth-order valence-electron chi connectivity index (χ4n) is 10.4. The number of hydrogen-bond acceptors (Lipinski definition) is 5. The molecule has 290 valence electrons. The highest BCUT2D eigenvalue weighted by Gasteiger charge is 2.27. The molecule has 0 unspecified atom stereocenters. The van der Waals surface area contributed by atoms with E-state index >= 15 is 0 Å². The van der Waals surface area contributed by atoms with E-state index in [-0.39, 0.29) is 0 Å². The minimum absolute atomic E-state index is 0.680. The number of hydrogen-bond donors (Lipinski definition) is 0. The molecule has 0 N–H and O–H groups in total. The van der Waals surface area contributed by atoms with E-state index in [2.05, 4.69) is 189 Å². The largest absolute Gasteiger partial charge is 0.208 e. The van der Waals surface area contributed by atoms with E-state index in [1.54, 1.807) is 0 Å². The minimum atomic E-state index is 0.680. The third-order valence-electron chi connectivity index (χ3n) is 15.3. The molecule has 0 fully saturated rings. The topological polar surface area (TPSA) is 38.7 Å². The SMILES string of the molecule is Bc1c(B)c(B)c2c(sc3c(B)c(B)c(-c4nc(-c5ccccc5-c5ccc(-c6ccccc6)cc5)nc(-c5c(B)c(B)c(B)c6c5sc5c(B)c(B)c(B)c(B)c56)n4)c(B)c32)c1B. The average Bonchev–Trinajstić information content (AvgIpc) is 3.92. The van der Waals surface area contributed by atoms with Gasteiger partial charge >= 0.3 is 0 Å². The molecule has 10 aromatic rings. The molecule has 3 aromatic heterocycles. The highest BCUT2D eigenvalue weighted by Crippen LogP contribution is 2.38. The molecule has 3 heterocycles. The summed E-state index contributed by atoms with van der Waals surface area (Å²) in [4.78, 5) is 16.9. The first-order valence-corrected chi connectivity index (χ1v) is 24.1. The van der Waals surface area contributed by atoms with Crippen LogP contribution in [0.4, 0.5) is 0 Å². The van der Waals surface area contributed by atoms with E-state index in [0.29, 0.717) is 5.82 Å². The van der Waals surface area contributed by atoms with Gasteiger partial charge in [-0.1, -0.05) is 133 Å². The summed E-state index contributed by atoms with van der Waals surface area (Å²) in [5.74, 6) is 2.12. The zero-order valence-corrected chi connectivity index (χ0v) is 41.3. The van der Waals surface area contributed by atoms with Gasteiger partial charge in [-0.05, 0) is 43.8 Å². The fraction of sp³-hybridized carbons (Fsp3) is 0. The standard InChI is InChI=1S/C45H41B14N3S2/c46-25-19-21-27(48)32(53)35(56)38(59)42(21)64-40(19)36(57)29(50)23(25)44-60-43(18-9-5-4-8-17(18)16-12-10-15(11-13-16)14-6-2-1-3-7-14)61-45(62-44)24-30(51)31(52)26(47)20-22-28(49)33(54)34(55)37(58)41(22)63-39(20)24/h1-13H,46-59H2. The Kier molecular flexibility index (Phi) is 10.6. The molecule has 19 heteroatoms. The summed E-state index contributed by atoms with van der Waals surface area (Å²) in [6.45, 7) is 0. The van der Waals surface area contributed by atoms with Crippen molar-refractivity contribution < 1.29 is 0 Å². The predicted octanol–water partition coefficient (Wildman–Crippen LogP) is -11.4. The molecular formula is C45H41B14N3S2. The zero-order chi connectivity index (χ0) is 45.2. The first kappa shape index (κ1) is 42.8. The van der Waals surface area contributed by atoms with Crippen LogP contribution in [0.5, 0.6) is 0 Å². The van der Waals surface area contributed by atoms with Crippen molar-refractivity contribution in [2.24, 2.45) is 0 Å². The monoisotopic (exact) mass is 841 g/mol. The number of rotatable bonds is 5. The smallest absolute Gasteiger partial charge is 0.164 e. The van der Waals surface area contributed by atoms with E-state index in [4.69, 9.17) is 15.0 Å². The van der Waals surface area contributed by atoms with Crippen LogP contribution in [0.25, 0.3) is 96.8 Å². The van der Waals surface area contributed by atoms with Crippen LogP contribution < -0.4 is 76.5 Å². The molecule has 0 aliphatic rings. The second-order valence-corrected chi connectivity index (χ2v) is 20.4. The summed E-state index contributed by atoms with van der Waals surface area (Å²) in [5, 5.41) is 5.40. The molecule has 10 rings (SSSR count). The van der Waals surface area contributed by atoms with Gasteiger partial charge in [-0.15, -0.1) is 44.5 Å². The first-order valence-electron chi connectivity index (χ1n) is 22.5. The van der Waals surface area contributed by atoms with E-state index < -0.39 is 0 Å². The molecule has 0 spiro atoms. The van der Waals surface area contributed by atoms with Crippen molar-refractivity contribution in [3.8, 4) is 56.4 Å². The number of aromatic nitrogens is 3. The predicted molar refractivity (Wildman–Crippen MR) is 327 cm³/mol. The Hall–Kier alpha value is -5.10. The summed E-state index contributed by atoms with van der Waals surface area (Å²) in [6, 6.07) is 28.1. The minimum Gasteiger partial charge on any atom is -0.208 e. The number of fused-ring (bicyclic) bond motifs is 6. The van der Waals surface area contributed by atoms with E-state index in [0.717, 1.165) is 39.5 Å². The Bertz CT molecular complexity index is 3670. The molecular weight excluding hydrogens is 798 g/mol. The molecule has 0 aliphatic carbocycles. The average molecular weight is 839 g/mol. The maximum atomic E-state index is 5.67. The molecule has 3 nitrogen and oxygen atoms in total. The van der Waals surface area contributed by atoms with Crippen molar-refractivity contribution in [2.45, 2.75) is 0 Å². The van der Waals surface area contributed by atoms with Gasteiger partial charge in [-0.25, -0.2) is 15.0 Å². The van der Waals surface area contributed by atoms with Crippen LogP contribution in [0.15, 0.2) is 78.9 Å². The fourth-order valence-corrected chi connectivity index (χ4v) is 13.5. The van der Waals surface area contributed by atoms with Gasteiger partial charge in [0.25, 0.3) is 0 Å². The molecule has 64 heavy (non-hydrogen) atoms. The molecule has 0 amide bonds. The van der Waals surface area contributed by atoms with Gasteiger partial charge in [0.05, 0.1) is 0 Å². The third-order valence-corrected chi connectivity index (χ3v) is 18.1. The van der Waals surface area contributed by atoms with Crippen LogP contribution in [-0.2, 0) is 0 Å². The van der Waals surface area contributed by atoms with Crippen molar-refractivity contribution in [1.82, 2.24) is 15.0 Å². The molecule has 0 saturated carbocycles. The Labute approximate surface area is 397 Å². The second-order valence-electron chi connectivity index (χ2n) is 18.3. The molecule has 0 aliphatic heterocycles. The van der Waals surface area contributed by atoms with Crippen LogP contribution in [0.3, 0.4) is 0 Å². The van der Waals surface area contributed by atoms with Crippen molar-refractivity contribution in [3.05, 3.63) is 78.9 Å². The van der Waals surface area contributed by atoms with Crippen molar-refractivity contribution in [3.63, 3.8) is 0 Å². The van der Waals surface area contributed by atoms with Crippen LogP contribution in [-0.4, -0.2) is 125 Å². The van der Waals surface area contributed by atoms with Crippen molar-refractivity contribution in [2.75, 3.05) is 0 Å². The number of benzene rings is 7. The summed E-state index contributed by atoms with van der Waals surface area (Å²) in [7, 11) is 32.0. The lowest BCUT2D eigenvalue weighted by molar-refractivity contribution is 1.08. The molecule has 0 atom stereocenters. The zero-order valence-electron chi connectivity index (χ0n) is 39.7. The lowest BCUT2D eigenvalue weighted by Crippen LogP contribution is -2.47. The van der Waals surface area contributed by atoms with E-state index in [1.165, 1.54) is 128 Å². The maximum Gasteiger partial charge on any atom is 0.164 e. The summed E-state index contributed by atoms with van der Waals surface area (Å²) in [5.41, 5.74) is 26.3. The van der Waals surface area contributed by atoms with Crippen LogP contribution in [0.1, 0.15) is 0 Å². The molecule has 0 saturated heterocycles. The maximum absolute atomic E-state index is 5.67. The van der Waals surface area contributed by atoms with Gasteiger partial charge in [0.15, 0.2) is 17.5 Å². The molecule has 7 aromatic carbocycles. The van der Waals surface area contributed by atoms with Crippen molar-refractivity contribution in [1.29, 1.82) is 0 Å². The van der Waals surface area contributed by atoms with Gasteiger partial charge in [0.1, 0.15) is 110 Å². The Morgan fingerprint density at radius 3 is 1.19 bits per heavy atom. The number of nitrogens with zero attached hydrogens (tertiary/aromatic N) is 3. The van der Waals surface area contributed by atoms with Crippen LogP contribution >= 0.6 is 22.7 Å². The van der Waals surface area contributed by atoms with Gasteiger partial charge in [-0.3, -0.25) is 0 Å². The van der Waals surface area contributed by atoms with Gasteiger partial charge in [0.2, 0.25) is 0 Å². The Morgan fingerprint density at radius 1 is 0.266 bits per heavy atom.